The third-order valence-electron chi connectivity index (χ3n) is 4.71. The second-order valence-electron chi connectivity index (χ2n) is 7.21. The van der Waals surface area contributed by atoms with Gasteiger partial charge in [0.2, 0.25) is 5.91 Å². The highest BCUT2D eigenvalue weighted by Crippen LogP contribution is 2.29. The molecule has 0 saturated carbocycles. The van der Waals surface area contributed by atoms with Crippen LogP contribution in [0, 0.1) is 5.82 Å². The first-order valence-corrected chi connectivity index (χ1v) is 10.1. The predicted molar refractivity (Wildman–Crippen MR) is 118 cm³/mol. The number of hydrogen-bond acceptors (Lipinski definition) is 8. The molecule has 1 aromatic heterocycles. The summed E-state index contributed by atoms with van der Waals surface area (Å²) in [5.74, 6) is -1.38. The number of aromatic nitrogens is 1. The number of ether oxygens (including phenoxy) is 1. The number of hydrogen-bond donors (Lipinski definition) is 5. The Labute approximate surface area is 193 Å². The molecule has 2 aromatic rings. The van der Waals surface area contributed by atoms with E-state index < -0.39 is 36.6 Å². The van der Waals surface area contributed by atoms with Crippen molar-refractivity contribution in [2.75, 3.05) is 24.6 Å². The van der Waals surface area contributed by atoms with Gasteiger partial charge < -0.3 is 20.3 Å². The molecule has 0 aliphatic carbocycles. The molecule has 1 aliphatic rings. The first-order chi connectivity index (χ1) is 16.3. The van der Waals surface area contributed by atoms with Gasteiger partial charge in [-0.3, -0.25) is 25.3 Å². The Morgan fingerprint density at radius 2 is 2.18 bits per heavy atom. The predicted octanol–water partition coefficient (Wildman–Crippen LogP) is -0.0172. The molecule has 1 fully saturated rings. The van der Waals surface area contributed by atoms with Gasteiger partial charge in [0.05, 0.1) is 25.4 Å². The van der Waals surface area contributed by atoms with Crippen molar-refractivity contribution in [3.05, 3.63) is 42.3 Å². The summed E-state index contributed by atoms with van der Waals surface area (Å²) < 4.78 is 20.0. The standard InChI is InChI=1S/C21H23FN6O6/c1-12(30)23-8-15-9-28(21(33)34-15)14-3-4-16(17(22)6-14)13-2-5-19(24-7-13)25-11-26-27-20(32)18(31)10-29/h2-7,11,15,18,29,31H,8-10H2,1H3,(H,23,30)(H,27,32)(H,24,25,26). The Kier molecular flexibility index (Phi) is 8.05. The maximum Gasteiger partial charge on any atom is 0.414 e. The second-order valence-corrected chi connectivity index (χ2v) is 7.21. The zero-order chi connectivity index (χ0) is 24.7. The SMILES string of the molecule is CC(=O)NCC1CN(c2ccc(-c3ccc(N=CNNC(=O)C(O)CO)nc3)c(F)c2)C(=O)O1. The van der Waals surface area contributed by atoms with Crippen molar-refractivity contribution in [3.8, 4) is 11.1 Å². The minimum Gasteiger partial charge on any atom is -0.442 e. The Morgan fingerprint density at radius 1 is 1.38 bits per heavy atom. The van der Waals surface area contributed by atoms with Crippen molar-refractivity contribution in [3.63, 3.8) is 0 Å². The van der Waals surface area contributed by atoms with Crippen LogP contribution < -0.4 is 21.1 Å². The maximum atomic E-state index is 14.8. The summed E-state index contributed by atoms with van der Waals surface area (Å²) >= 11 is 0. The second kappa shape index (κ2) is 11.2. The average molecular weight is 474 g/mol. The van der Waals surface area contributed by atoms with Gasteiger partial charge in [0.25, 0.3) is 5.91 Å². The minimum atomic E-state index is -1.55. The Morgan fingerprint density at radius 3 is 2.82 bits per heavy atom. The molecule has 13 heteroatoms. The molecule has 2 heterocycles. The smallest absolute Gasteiger partial charge is 0.414 e. The van der Waals surface area contributed by atoms with E-state index in [2.05, 4.69) is 26.1 Å². The molecule has 34 heavy (non-hydrogen) atoms. The van der Waals surface area contributed by atoms with Crippen LogP contribution >= 0.6 is 0 Å². The van der Waals surface area contributed by atoms with Crippen molar-refractivity contribution in [2.24, 2.45) is 4.99 Å². The molecular weight excluding hydrogens is 451 g/mol. The molecule has 1 saturated heterocycles. The van der Waals surface area contributed by atoms with E-state index in [1.807, 2.05) is 0 Å². The highest BCUT2D eigenvalue weighted by Gasteiger charge is 2.32. The third-order valence-corrected chi connectivity index (χ3v) is 4.71. The van der Waals surface area contributed by atoms with Crippen molar-refractivity contribution in [1.29, 1.82) is 0 Å². The number of rotatable bonds is 9. The Bertz CT molecular complexity index is 1080. The number of cyclic esters (lactones) is 1. The number of carbonyl (C=O) groups excluding carboxylic acids is 3. The monoisotopic (exact) mass is 474 g/mol. The van der Waals surface area contributed by atoms with E-state index in [1.54, 1.807) is 12.1 Å². The molecule has 5 N–H and O–H groups in total. The quantitative estimate of drug-likeness (QED) is 0.192. The van der Waals surface area contributed by atoms with Gasteiger partial charge >= 0.3 is 6.09 Å². The minimum absolute atomic E-state index is 0.172. The van der Waals surface area contributed by atoms with E-state index in [0.29, 0.717) is 11.3 Å². The first-order valence-electron chi connectivity index (χ1n) is 10.1. The van der Waals surface area contributed by atoms with E-state index in [4.69, 9.17) is 14.9 Å². The van der Waals surface area contributed by atoms with E-state index in [9.17, 15) is 18.8 Å². The summed E-state index contributed by atoms with van der Waals surface area (Å²) in [6, 6.07) is 7.44. The number of hydrazine groups is 1. The lowest BCUT2D eigenvalue weighted by molar-refractivity contribution is -0.131. The highest BCUT2D eigenvalue weighted by molar-refractivity contribution is 5.90. The zero-order valence-corrected chi connectivity index (χ0v) is 18.1. The molecule has 0 radical (unpaired) electrons. The van der Waals surface area contributed by atoms with Crippen LogP contribution in [0.15, 0.2) is 41.5 Å². The molecule has 0 bridgehead atoms. The van der Waals surface area contributed by atoms with Gasteiger partial charge in [0.1, 0.15) is 18.3 Å². The summed E-state index contributed by atoms with van der Waals surface area (Å²) in [7, 11) is 0. The number of benzene rings is 1. The molecule has 1 aliphatic heterocycles. The number of carbonyl (C=O) groups is 3. The number of aliphatic hydroxyl groups is 2. The van der Waals surface area contributed by atoms with Gasteiger partial charge in [-0.15, -0.1) is 0 Å². The van der Waals surface area contributed by atoms with E-state index in [0.717, 1.165) is 6.34 Å². The summed E-state index contributed by atoms with van der Waals surface area (Å²) in [5, 5.41) is 20.4. The highest BCUT2D eigenvalue weighted by atomic mass is 19.1. The normalized spacial score (nSPS) is 16.3. The van der Waals surface area contributed by atoms with Crippen molar-refractivity contribution < 1.29 is 33.7 Å². The van der Waals surface area contributed by atoms with Crippen molar-refractivity contribution in [2.45, 2.75) is 19.1 Å². The molecule has 12 nitrogen and oxygen atoms in total. The number of anilines is 1. The fraction of sp³-hybridized carbons (Fsp3) is 0.286. The lowest BCUT2D eigenvalue weighted by Crippen LogP contribution is -2.44. The average Bonchev–Trinajstić information content (AvgIpc) is 3.20. The van der Waals surface area contributed by atoms with E-state index in [-0.39, 0.29) is 30.4 Å². The number of aliphatic hydroxyl groups excluding tert-OH is 2. The molecular formula is C21H23FN6O6. The van der Waals surface area contributed by atoms with Crippen LogP contribution in [0.2, 0.25) is 0 Å². The van der Waals surface area contributed by atoms with Crippen LogP contribution in [-0.4, -0.2) is 71.3 Å². The number of nitrogens with one attached hydrogen (secondary N) is 3. The van der Waals surface area contributed by atoms with Gasteiger partial charge in [0, 0.05) is 24.2 Å². The molecule has 0 spiro atoms. The van der Waals surface area contributed by atoms with Crippen LogP contribution in [0.3, 0.4) is 0 Å². The maximum absolute atomic E-state index is 14.8. The third kappa shape index (κ3) is 6.24. The van der Waals surface area contributed by atoms with Crippen molar-refractivity contribution in [1.82, 2.24) is 21.2 Å². The fourth-order valence-electron chi connectivity index (χ4n) is 2.99. The zero-order valence-electron chi connectivity index (χ0n) is 18.1. The van der Waals surface area contributed by atoms with Crippen molar-refractivity contribution >= 4 is 35.8 Å². The number of amides is 3. The number of halogens is 1. The summed E-state index contributed by atoms with van der Waals surface area (Å²) in [6.45, 7) is 0.997. The van der Waals surface area contributed by atoms with Gasteiger partial charge in [-0.1, -0.05) is 0 Å². The van der Waals surface area contributed by atoms with Crippen LogP contribution in [0.4, 0.5) is 20.7 Å². The number of aliphatic imine (C=N–C) groups is 1. The molecule has 3 amide bonds. The summed E-state index contributed by atoms with van der Waals surface area (Å²) in [4.78, 5) is 43.8. The lowest BCUT2D eigenvalue weighted by atomic mass is 10.1. The molecule has 1 aromatic carbocycles. The van der Waals surface area contributed by atoms with Gasteiger partial charge in [-0.2, -0.15) is 0 Å². The largest absolute Gasteiger partial charge is 0.442 e. The van der Waals surface area contributed by atoms with E-state index >= 15 is 0 Å². The van der Waals surface area contributed by atoms with E-state index in [1.165, 1.54) is 36.2 Å². The Hall–Kier alpha value is -4.10. The lowest BCUT2D eigenvalue weighted by Gasteiger charge is -2.14. The van der Waals surface area contributed by atoms with Gasteiger partial charge in [-0.25, -0.2) is 19.2 Å². The molecule has 2 atom stereocenters. The van der Waals surface area contributed by atoms with Crippen LogP contribution in [0.1, 0.15) is 6.92 Å². The molecule has 2 unspecified atom stereocenters. The molecule has 180 valence electrons. The molecule has 3 rings (SSSR count). The fourth-order valence-corrected chi connectivity index (χ4v) is 2.99. The summed E-state index contributed by atoms with van der Waals surface area (Å²) in [5.41, 5.74) is 5.51. The van der Waals surface area contributed by atoms with Crippen LogP contribution in [0.5, 0.6) is 0 Å². The van der Waals surface area contributed by atoms with Crippen LogP contribution in [0.25, 0.3) is 11.1 Å². The number of pyridine rings is 1. The van der Waals surface area contributed by atoms with Crippen LogP contribution in [-0.2, 0) is 14.3 Å². The van der Waals surface area contributed by atoms with Gasteiger partial charge in [-0.05, 0) is 30.3 Å². The number of nitrogens with zero attached hydrogens (tertiary/aromatic N) is 3. The topological polar surface area (TPSA) is 165 Å². The Balaban J connectivity index is 1.61. The summed E-state index contributed by atoms with van der Waals surface area (Å²) in [6.07, 6.45) is -0.179. The van der Waals surface area contributed by atoms with Gasteiger partial charge in [0.15, 0.2) is 11.9 Å². The first kappa shape index (κ1) is 24.5.